The zero-order valence-electron chi connectivity index (χ0n) is 8.89. The molecular formula is C13H15N. The second-order valence-corrected chi connectivity index (χ2v) is 3.77. The molecule has 1 heteroatoms. The lowest BCUT2D eigenvalue weighted by molar-refractivity contribution is 1.42. The Labute approximate surface area is 84.8 Å². The minimum atomic E-state index is 1.17. The molecule has 0 amide bonds. The van der Waals surface area contributed by atoms with Crippen molar-refractivity contribution in [2.45, 2.75) is 13.8 Å². The lowest BCUT2D eigenvalue weighted by Crippen LogP contribution is -1.88. The second-order valence-electron chi connectivity index (χ2n) is 3.77. The first-order valence-corrected chi connectivity index (χ1v) is 4.89. The molecule has 0 radical (unpaired) electrons. The van der Waals surface area contributed by atoms with E-state index >= 15 is 0 Å². The molecule has 0 spiro atoms. The average Bonchev–Trinajstić information content (AvgIpc) is 2.16. The number of hydrogen-bond acceptors (Lipinski definition) is 1. The summed E-state index contributed by atoms with van der Waals surface area (Å²) in [7, 11) is 1.95. The maximum absolute atomic E-state index is 3.16. The summed E-state index contributed by atoms with van der Waals surface area (Å²) < 4.78 is 0. The van der Waals surface area contributed by atoms with E-state index in [1.807, 2.05) is 7.05 Å². The molecule has 0 heterocycles. The number of aryl methyl sites for hydroxylation is 2. The summed E-state index contributed by atoms with van der Waals surface area (Å²) in [6, 6.07) is 10.9. The summed E-state index contributed by atoms with van der Waals surface area (Å²) in [5.41, 5.74) is 3.84. The quantitative estimate of drug-likeness (QED) is 0.717. The van der Waals surface area contributed by atoms with Crippen molar-refractivity contribution in [3.05, 3.63) is 41.5 Å². The van der Waals surface area contributed by atoms with Crippen molar-refractivity contribution < 1.29 is 0 Å². The molecule has 2 aromatic rings. The number of benzene rings is 2. The van der Waals surface area contributed by atoms with Crippen LogP contribution in [0.25, 0.3) is 10.8 Å². The molecule has 2 rings (SSSR count). The maximum atomic E-state index is 3.16. The van der Waals surface area contributed by atoms with Gasteiger partial charge in [0.2, 0.25) is 0 Å². The summed E-state index contributed by atoms with van der Waals surface area (Å²) in [4.78, 5) is 0. The summed E-state index contributed by atoms with van der Waals surface area (Å²) >= 11 is 0. The van der Waals surface area contributed by atoms with Crippen LogP contribution in [0.2, 0.25) is 0 Å². The number of fused-ring (bicyclic) bond motifs is 1. The van der Waals surface area contributed by atoms with Crippen LogP contribution in [0.15, 0.2) is 30.3 Å². The van der Waals surface area contributed by atoms with Crippen LogP contribution in [0.3, 0.4) is 0 Å². The monoisotopic (exact) mass is 185 g/mol. The molecule has 1 nitrogen and oxygen atoms in total. The van der Waals surface area contributed by atoms with Gasteiger partial charge in [0.15, 0.2) is 0 Å². The molecule has 1 N–H and O–H groups in total. The molecule has 72 valence electrons. The van der Waals surface area contributed by atoms with E-state index in [1.54, 1.807) is 0 Å². The van der Waals surface area contributed by atoms with Crippen molar-refractivity contribution in [1.29, 1.82) is 0 Å². The van der Waals surface area contributed by atoms with Crippen LogP contribution < -0.4 is 5.32 Å². The molecule has 2 aromatic carbocycles. The Kier molecular flexibility index (Phi) is 2.16. The molecule has 0 aliphatic rings. The molecule has 0 bridgehead atoms. The second kappa shape index (κ2) is 3.33. The highest BCUT2D eigenvalue weighted by atomic mass is 14.8. The molecule has 0 fully saturated rings. The minimum Gasteiger partial charge on any atom is -0.388 e. The van der Waals surface area contributed by atoms with Crippen LogP contribution in [-0.2, 0) is 0 Å². The van der Waals surface area contributed by atoms with Crippen molar-refractivity contribution in [3.8, 4) is 0 Å². The van der Waals surface area contributed by atoms with Crippen LogP contribution in [-0.4, -0.2) is 7.05 Å². The Balaban J connectivity index is 2.75. The molecule has 0 unspecified atom stereocenters. The van der Waals surface area contributed by atoms with Crippen LogP contribution in [0.1, 0.15) is 11.1 Å². The predicted molar refractivity (Wildman–Crippen MR) is 63.0 cm³/mol. The van der Waals surface area contributed by atoms with Gasteiger partial charge in [-0.15, -0.1) is 0 Å². The van der Waals surface area contributed by atoms with E-state index in [4.69, 9.17) is 0 Å². The van der Waals surface area contributed by atoms with Crippen molar-refractivity contribution in [1.82, 2.24) is 0 Å². The van der Waals surface area contributed by atoms with Gasteiger partial charge in [-0.1, -0.05) is 23.8 Å². The summed E-state index contributed by atoms with van der Waals surface area (Å²) in [5, 5.41) is 5.81. The number of hydrogen-bond donors (Lipinski definition) is 1. The maximum Gasteiger partial charge on any atom is 0.0343 e. The third kappa shape index (κ3) is 1.46. The third-order valence-electron chi connectivity index (χ3n) is 2.59. The first-order chi connectivity index (χ1) is 6.70. The normalized spacial score (nSPS) is 10.5. The van der Waals surface area contributed by atoms with Crippen molar-refractivity contribution >= 4 is 16.5 Å². The van der Waals surface area contributed by atoms with E-state index < -0.39 is 0 Å². The predicted octanol–water partition coefficient (Wildman–Crippen LogP) is 3.50. The summed E-state index contributed by atoms with van der Waals surface area (Å²) in [6.45, 7) is 4.30. The molecule has 14 heavy (non-hydrogen) atoms. The minimum absolute atomic E-state index is 1.17. The van der Waals surface area contributed by atoms with Crippen molar-refractivity contribution in [2.75, 3.05) is 12.4 Å². The van der Waals surface area contributed by atoms with E-state index in [-0.39, 0.29) is 0 Å². The molecule has 0 saturated carbocycles. The Morgan fingerprint density at radius 2 is 1.79 bits per heavy atom. The Morgan fingerprint density at radius 1 is 1.00 bits per heavy atom. The molecule has 0 saturated heterocycles. The lowest BCUT2D eigenvalue weighted by atomic mass is 10.0. The fourth-order valence-electron chi connectivity index (χ4n) is 1.90. The standard InChI is InChI=1S/C13H15N/c1-9-6-10(2)13-5-4-12(14-3)8-11(13)7-9/h4-8,14H,1-3H3. The van der Waals surface area contributed by atoms with E-state index in [0.717, 1.165) is 0 Å². The van der Waals surface area contributed by atoms with Crippen LogP contribution in [0.5, 0.6) is 0 Å². The zero-order valence-corrected chi connectivity index (χ0v) is 8.89. The van der Waals surface area contributed by atoms with Crippen LogP contribution in [0, 0.1) is 13.8 Å². The van der Waals surface area contributed by atoms with Gasteiger partial charge in [0.25, 0.3) is 0 Å². The summed E-state index contributed by atoms with van der Waals surface area (Å²) in [6.07, 6.45) is 0. The van der Waals surface area contributed by atoms with E-state index in [1.165, 1.54) is 27.6 Å². The van der Waals surface area contributed by atoms with Gasteiger partial charge < -0.3 is 5.32 Å². The van der Waals surface area contributed by atoms with Crippen LogP contribution in [0.4, 0.5) is 5.69 Å². The Hall–Kier alpha value is -1.50. The molecule has 0 aliphatic heterocycles. The first-order valence-electron chi connectivity index (χ1n) is 4.89. The zero-order chi connectivity index (χ0) is 10.1. The fraction of sp³-hybridized carbons (Fsp3) is 0.231. The van der Waals surface area contributed by atoms with Gasteiger partial charge in [0.05, 0.1) is 0 Å². The molecule has 0 aliphatic carbocycles. The van der Waals surface area contributed by atoms with E-state index in [9.17, 15) is 0 Å². The number of anilines is 1. The van der Waals surface area contributed by atoms with Crippen LogP contribution >= 0.6 is 0 Å². The van der Waals surface area contributed by atoms with Gasteiger partial charge in [-0.3, -0.25) is 0 Å². The fourth-order valence-corrected chi connectivity index (χ4v) is 1.90. The van der Waals surface area contributed by atoms with Gasteiger partial charge in [-0.2, -0.15) is 0 Å². The van der Waals surface area contributed by atoms with Crippen molar-refractivity contribution in [3.63, 3.8) is 0 Å². The van der Waals surface area contributed by atoms with Gasteiger partial charge in [-0.25, -0.2) is 0 Å². The smallest absolute Gasteiger partial charge is 0.0343 e. The summed E-state index contributed by atoms with van der Waals surface area (Å²) in [5.74, 6) is 0. The van der Waals surface area contributed by atoms with Gasteiger partial charge in [-0.05, 0) is 42.3 Å². The lowest BCUT2D eigenvalue weighted by Gasteiger charge is -2.06. The van der Waals surface area contributed by atoms with E-state index in [2.05, 4.69) is 49.5 Å². The highest BCUT2D eigenvalue weighted by Crippen LogP contribution is 2.23. The van der Waals surface area contributed by atoms with Gasteiger partial charge in [0.1, 0.15) is 0 Å². The topological polar surface area (TPSA) is 12.0 Å². The Bertz CT molecular complexity index is 472. The highest BCUT2D eigenvalue weighted by Gasteiger charge is 1.99. The largest absolute Gasteiger partial charge is 0.388 e. The Morgan fingerprint density at radius 3 is 2.50 bits per heavy atom. The SMILES string of the molecule is CNc1ccc2c(C)cc(C)cc2c1. The first kappa shape index (κ1) is 9.07. The van der Waals surface area contributed by atoms with Gasteiger partial charge >= 0.3 is 0 Å². The van der Waals surface area contributed by atoms with Crippen molar-refractivity contribution in [2.24, 2.45) is 0 Å². The average molecular weight is 185 g/mol. The molecule has 0 aromatic heterocycles. The molecular weight excluding hydrogens is 170 g/mol. The number of nitrogens with one attached hydrogen (secondary N) is 1. The highest BCUT2D eigenvalue weighted by molar-refractivity contribution is 5.89. The number of rotatable bonds is 1. The van der Waals surface area contributed by atoms with Gasteiger partial charge in [0, 0.05) is 12.7 Å². The molecule has 0 atom stereocenters. The van der Waals surface area contributed by atoms with E-state index in [0.29, 0.717) is 0 Å². The third-order valence-corrected chi connectivity index (χ3v) is 2.59.